The molecule has 1 aromatic rings. The minimum atomic E-state index is -0.990. The molecule has 0 aliphatic heterocycles. The SMILES string of the molecule is C=CC[C@H](CC(C)C)C(=O)NC(CCc1ccccc1)C(=O)O. The van der Waals surface area contributed by atoms with Gasteiger partial charge in [0.2, 0.25) is 5.91 Å². The molecule has 0 heterocycles. The molecule has 0 fully saturated rings. The summed E-state index contributed by atoms with van der Waals surface area (Å²) in [5.74, 6) is -1.03. The van der Waals surface area contributed by atoms with Gasteiger partial charge in [-0.2, -0.15) is 0 Å². The van der Waals surface area contributed by atoms with Crippen LogP contribution >= 0.6 is 0 Å². The van der Waals surface area contributed by atoms with Crippen LogP contribution in [0.4, 0.5) is 0 Å². The average Bonchev–Trinajstić information content (AvgIpc) is 2.51. The summed E-state index contributed by atoms with van der Waals surface area (Å²) in [4.78, 5) is 23.8. The second kappa shape index (κ2) is 9.82. The molecule has 1 unspecified atom stereocenters. The van der Waals surface area contributed by atoms with E-state index >= 15 is 0 Å². The monoisotopic (exact) mass is 317 g/mol. The average molecular weight is 317 g/mol. The highest BCUT2D eigenvalue weighted by atomic mass is 16.4. The molecule has 4 nitrogen and oxygen atoms in total. The van der Waals surface area contributed by atoms with Crippen LogP contribution < -0.4 is 5.32 Å². The predicted molar refractivity (Wildman–Crippen MR) is 92.1 cm³/mol. The van der Waals surface area contributed by atoms with E-state index in [2.05, 4.69) is 11.9 Å². The highest BCUT2D eigenvalue weighted by molar-refractivity contribution is 5.85. The molecule has 2 N–H and O–H groups in total. The number of nitrogens with one attached hydrogen (secondary N) is 1. The second-order valence-corrected chi connectivity index (χ2v) is 6.27. The van der Waals surface area contributed by atoms with Gasteiger partial charge >= 0.3 is 5.97 Å². The molecule has 0 saturated heterocycles. The molecule has 1 amide bonds. The predicted octanol–water partition coefficient (Wildman–Crippen LogP) is 3.43. The Morgan fingerprint density at radius 1 is 1.26 bits per heavy atom. The Balaban J connectivity index is 2.64. The summed E-state index contributed by atoms with van der Waals surface area (Å²) in [5.41, 5.74) is 1.07. The van der Waals surface area contributed by atoms with Crippen molar-refractivity contribution in [3.8, 4) is 0 Å². The Kier molecular flexibility index (Phi) is 8.09. The number of benzene rings is 1. The summed E-state index contributed by atoms with van der Waals surface area (Å²) >= 11 is 0. The Labute approximate surface area is 138 Å². The second-order valence-electron chi connectivity index (χ2n) is 6.27. The lowest BCUT2D eigenvalue weighted by molar-refractivity contribution is -0.142. The van der Waals surface area contributed by atoms with Crippen molar-refractivity contribution in [1.29, 1.82) is 0 Å². The molecule has 0 spiro atoms. The minimum absolute atomic E-state index is 0.195. The van der Waals surface area contributed by atoms with Gasteiger partial charge in [-0.15, -0.1) is 6.58 Å². The number of aryl methyl sites for hydroxylation is 1. The number of rotatable bonds is 10. The van der Waals surface area contributed by atoms with E-state index in [1.54, 1.807) is 6.08 Å². The lowest BCUT2D eigenvalue weighted by Crippen LogP contribution is -2.44. The van der Waals surface area contributed by atoms with Crippen LogP contribution in [0.1, 0.15) is 38.7 Å². The highest BCUT2D eigenvalue weighted by Gasteiger charge is 2.25. The largest absolute Gasteiger partial charge is 0.480 e. The maximum Gasteiger partial charge on any atom is 0.326 e. The van der Waals surface area contributed by atoms with Crippen molar-refractivity contribution in [1.82, 2.24) is 5.32 Å². The maximum absolute atomic E-state index is 12.4. The molecule has 0 bridgehead atoms. The number of carbonyl (C=O) groups excluding carboxylic acids is 1. The summed E-state index contributed by atoms with van der Waals surface area (Å²) in [6, 6.07) is 8.83. The number of hydrogen-bond donors (Lipinski definition) is 2. The fourth-order valence-corrected chi connectivity index (χ4v) is 2.58. The molecular formula is C19H27NO3. The Bertz CT molecular complexity index is 511. The van der Waals surface area contributed by atoms with E-state index < -0.39 is 12.0 Å². The van der Waals surface area contributed by atoms with Gasteiger partial charge in [0.1, 0.15) is 6.04 Å². The van der Waals surface area contributed by atoms with Gasteiger partial charge in [0.05, 0.1) is 0 Å². The van der Waals surface area contributed by atoms with Crippen LogP contribution in [0.5, 0.6) is 0 Å². The summed E-state index contributed by atoms with van der Waals surface area (Å²) < 4.78 is 0. The normalized spacial score (nSPS) is 13.3. The van der Waals surface area contributed by atoms with Crippen LogP contribution in [-0.2, 0) is 16.0 Å². The third kappa shape index (κ3) is 7.13. The van der Waals surface area contributed by atoms with Gasteiger partial charge in [-0.25, -0.2) is 4.79 Å². The molecule has 0 aliphatic rings. The summed E-state index contributed by atoms with van der Waals surface area (Å²) in [6.45, 7) is 7.78. The van der Waals surface area contributed by atoms with Gasteiger partial charge in [0.15, 0.2) is 0 Å². The molecule has 0 saturated carbocycles. The van der Waals surface area contributed by atoms with Crippen LogP contribution in [0, 0.1) is 11.8 Å². The van der Waals surface area contributed by atoms with Crippen molar-refractivity contribution < 1.29 is 14.7 Å². The standard InChI is InChI=1S/C19H27NO3/c1-4-8-16(13-14(2)3)18(21)20-17(19(22)23)12-11-15-9-6-5-7-10-15/h4-7,9-10,14,16-17H,1,8,11-13H2,2-3H3,(H,20,21)(H,22,23)/t16-,17?/m1/s1. The van der Waals surface area contributed by atoms with Crippen LogP contribution in [0.3, 0.4) is 0 Å². The van der Waals surface area contributed by atoms with E-state index in [0.717, 1.165) is 12.0 Å². The van der Waals surface area contributed by atoms with Crippen molar-refractivity contribution in [2.45, 2.75) is 45.6 Å². The summed E-state index contributed by atoms with van der Waals surface area (Å²) in [7, 11) is 0. The topological polar surface area (TPSA) is 66.4 Å². The first-order valence-corrected chi connectivity index (χ1v) is 8.12. The Morgan fingerprint density at radius 2 is 1.91 bits per heavy atom. The number of allylic oxidation sites excluding steroid dienone is 1. The van der Waals surface area contributed by atoms with E-state index in [9.17, 15) is 14.7 Å². The number of carboxylic acid groups (broad SMARTS) is 1. The van der Waals surface area contributed by atoms with Gasteiger partial charge < -0.3 is 10.4 Å². The Morgan fingerprint density at radius 3 is 2.43 bits per heavy atom. The van der Waals surface area contributed by atoms with Crippen molar-refractivity contribution in [2.75, 3.05) is 0 Å². The van der Waals surface area contributed by atoms with Gasteiger partial charge in [0, 0.05) is 5.92 Å². The molecule has 0 aromatic heterocycles. The first-order valence-electron chi connectivity index (χ1n) is 8.12. The van der Waals surface area contributed by atoms with Gasteiger partial charge in [0.25, 0.3) is 0 Å². The Hall–Kier alpha value is -2.10. The minimum Gasteiger partial charge on any atom is -0.480 e. The highest BCUT2D eigenvalue weighted by Crippen LogP contribution is 2.17. The van der Waals surface area contributed by atoms with E-state index in [1.165, 1.54) is 0 Å². The zero-order chi connectivity index (χ0) is 17.2. The van der Waals surface area contributed by atoms with Crippen LogP contribution in [0.25, 0.3) is 0 Å². The van der Waals surface area contributed by atoms with E-state index in [4.69, 9.17) is 0 Å². The van der Waals surface area contributed by atoms with Gasteiger partial charge in [-0.05, 0) is 37.2 Å². The fourth-order valence-electron chi connectivity index (χ4n) is 2.58. The number of carbonyl (C=O) groups is 2. The van der Waals surface area contributed by atoms with Crippen LogP contribution in [-0.4, -0.2) is 23.0 Å². The molecule has 0 radical (unpaired) electrons. The summed E-state index contributed by atoms with van der Waals surface area (Å²) in [5, 5.41) is 12.0. The quantitative estimate of drug-likeness (QED) is 0.650. The first-order chi connectivity index (χ1) is 10.9. The first kappa shape index (κ1) is 18.9. The fraction of sp³-hybridized carbons (Fsp3) is 0.474. The zero-order valence-electron chi connectivity index (χ0n) is 14.0. The number of hydrogen-bond acceptors (Lipinski definition) is 2. The lowest BCUT2D eigenvalue weighted by atomic mass is 9.93. The number of amides is 1. The molecule has 2 atom stereocenters. The van der Waals surface area contributed by atoms with Crippen molar-refractivity contribution in [3.05, 3.63) is 48.6 Å². The number of aliphatic carboxylic acids is 1. The van der Waals surface area contributed by atoms with E-state index in [-0.39, 0.29) is 11.8 Å². The van der Waals surface area contributed by atoms with Crippen molar-refractivity contribution in [3.63, 3.8) is 0 Å². The molecule has 0 aliphatic carbocycles. The lowest BCUT2D eigenvalue weighted by Gasteiger charge is -2.21. The zero-order valence-corrected chi connectivity index (χ0v) is 14.0. The van der Waals surface area contributed by atoms with E-state index in [0.29, 0.717) is 25.2 Å². The van der Waals surface area contributed by atoms with E-state index in [1.807, 2.05) is 44.2 Å². The molecule has 23 heavy (non-hydrogen) atoms. The smallest absolute Gasteiger partial charge is 0.326 e. The maximum atomic E-state index is 12.4. The molecular weight excluding hydrogens is 290 g/mol. The molecule has 1 rings (SSSR count). The van der Waals surface area contributed by atoms with Crippen molar-refractivity contribution in [2.24, 2.45) is 11.8 Å². The number of carboxylic acids is 1. The van der Waals surface area contributed by atoms with Gasteiger partial charge in [-0.3, -0.25) is 4.79 Å². The van der Waals surface area contributed by atoms with Crippen molar-refractivity contribution >= 4 is 11.9 Å². The van der Waals surface area contributed by atoms with Crippen LogP contribution in [0.2, 0.25) is 0 Å². The molecule has 126 valence electrons. The third-order valence-corrected chi connectivity index (χ3v) is 3.76. The van der Waals surface area contributed by atoms with Crippen LogP contribution in [0.15, 0.2) is 43.0 Å². The third-order valence-electron chi connectivity index (χ3n) is 3.76. The molecule has 4 heteroatoms. The molecule has 1 aromatic carbocycles. The summed E-state index contributed by atoms with van der Waals surface area (Å²) in [6.07, 6.45) is 4.01. The van der Waals surface area contributed by atoms with Gasteiger partial charge in [-0.1, -0.05) is 50.3 Å².